The van der Waals surface area contributed by atoms with Crippen LogP contribution < -0.4 is 5.32 Å². The lowest BCUT2D eigenvalue weighted by Gasteiger charge is -2.37. The third-order valence-electron chi connectivity index (χ3n) is 4.53. The summed E-state index contributed by atoms with van der Waals surface area (Å²) in [4.78, 5) is 0. The zero-order chi connectivity index (χ0) is 19.8. The van der Waals surface area contributed by atoms with Gasteiger partial charge in [0, 0.05) is 12.1 Å². The minimum absolute atomic E-state index is 0.0957. The molecular weight excluding hydrogens is 364 g/mol. The van der Waals surface area contributed by atoms with E-state index in [1.807, 2.05) is 6.92 Å². The van der Waals surface area contributed by atoms with Gasteiger partial charge in [-0.25, -0.2) is 0 Å². The highest BCUT2D eigenvalue weighted by molar-refractivity contribution is 5.34. The van der Waals surface area contributed by atoms with E-state index in [-0.39, 0.29) is 18.2 Å². The highest BCUT2D eigenvalue weighted by Crippen LogP contribution is 2.38. The van der Waals surface area contributed by atoms with Crippen molar-refractivity contribution in [1.82, 2.24) is 5.32 Å². The number of halogens is 6. The van der Waals surface area contributed by atoms with Crippen molar-refractivity contribution >= 4 is 0 Å². The van der Waals surface area contributed by atoms with Crippen molar-refractivity contribution in [3.63, 3.8) is 0 Å². The van der Waals surface area contributed by atoms with Crippen LogP contribution in [0.3, 0.4) is 0 Å². The molecule has 148 valence electrons. The first-order chi connectivity index (χ1) is 11.8. The molecule has 3 atom stereocenters. The molecular formula is C17H21F6NO2. The van der Waals surface area contributed by atoms with Gasteiger partial charge in [-0.3, -0.25) is 0 Å². The predicted octanol–water partition coefficient (Wildman–Crippen LogP) is 4.30. The van der Waals surface area contributed by atoms with Gasteiger partial charge >= 0.3 is 12.4 Å². The van der Waals surface area contributed by atoms with E-state index < -0.39 is 41.2 Å². The molecule has 1 aromatic carbocycles. The van der Waals surface area contributed by atoms with Crippen LogP contribution in [-0.4, -0.2) is 29.9 Å². The van der Waals surface area contributed by atoms with E-state index in [1.165, 1.54) is 6.92 Å². The van der Waals surface area contributed by atoms with E-state index in [0.717, 1.165) is 0 Å². The Morgan fingerprint density at radius 3 is 2.12 bits per heavy atom. The van der Waals surface area contributed by atoms with Crippen molar-refractivity contribution in [1.29, 1.82) is 0 Å². The van der Waals surface area contributed by atoms with Gasteiger partial charge in [0.05, 0.1) is 29.9 Å². The second kappa shape index (κ2) is 7.36. The summed E-state index contributed by atoms with van der Waals surface area (Å²) in [6, 6.07) is 1.46. The zero-order valence-corrected chi connectivity index (χ0v) is 14.3. The molecule has 1 aliphatic rings. The van der Waals surface area contributed by atoms with Gasteiger partial charge in [-0.05, 0) is 50.5 Å². The summed E-state index contributed by atoms with van der Waals surface area (Å²) in [6.07, 6.45) is -10.1. The van der Waals surface area contributed by atoms with Crippen LogP contribution in [0.2, 0.25) is 0 Å². The number of hydrogen-bond acceptors (Lipinski definition) is 3. The van der Waals surface area contributed by atoms with Gasteiger partial charge in [0.2, 0.25) is 0 Å². The molecule has 0 bridgehead atoms. The lowest BCUT2D eigenvalue weighted by Crippen LogP contribution is -2.53. The number of ether oxygens (including phenoxy) is 1. The number of nitrogens with one attached hydrogen (secondary N) is 1. The number of aliphatic hydroxyl groups excluding tert-OH is 1. The minimum Gasteiger partial charge on any atom is -0.392 e. The molecule has 0 spiro atoms. The minimum atomic E-state index is -4.89. The summed E-state index contributed by atoms with van der Waals surface area (Å²) in [6.45, 7) is 3.70. The molecule has 1 aromatic rings. The first kappa shape index (κ1) is 21.0. The van der Waals surface area contributed by atoms with Crippen LogP contribution in [0.15, 0.2) is 18.2 Å². The summed E-state index contributed by atoms with van der Waals surface area (Å²) in [5.41, 5.74) is -3.40. The molecule has 1 aliphatic heterocycles. The number of benzene rings is 1. The standard InChI is InChI=1S/C17H21F6NO2/c1-10(26-9-15(2)4-3-14(25)8-24-15)11-5-12(16(18,19)20)7-13(6-11)17(21,22)23/h5-7,10,14,24-25H,3-4,8-9H2,1-2H3. The number of alkyl halides is 6. The third-order valence-corrected chi connectivity index (χ3v) is 4.53. The van der Waals surface area contributed by atoms with E-state index in [1.54, 1.807) is 0 Å². The smallest absolute Gasteiger partial charge is 0.392 e. The Morgan fingerprint density at radius 2 is 1.69 bits per heavy atom. The first-order valence-electron chi connectivity index (χ1n) is 8.14. The lowest BCUT2D eigenvalue weighted by atomic mass is 9.90. The van der Waals surface area contributed by atoms with E-state index in [9.17, 15) is 31.4 Å². The van der Waals surface area contributed by atoms with Crippen LogP contribution >= 0.6 is 0 Å². The van der Waals surface area contributed by atoms with E-state index in [2.05, 4.69) is 5.32 Å². The predicted molar refractivity (Wildman–Crippen MR) is 82.5 cm³/mol. The molecule has 3 unspecified atom stereocenters. The van der Waals surface area contributed by atoms with Crippen LogP contribution in [0, 0.1) is 0 Å². The molecule has 9 heteroatoms. The average molecular weight is 385 g/mol. The SMILES string of the molecule is CC(OCC1(C)CCC(O)CN1)c1cc(C(F)(F)F)cc(C(F)(F)F)c1. The molecule has 2 rings (SSSR count). The number of hydrogen-bond donors (Lipinski definition) is 2. The fourth-order valence-corrected chi connectivity index (χ4v) is 2.78. The van der Waals surface area contributed by atoms with Crippen molar-refractivity contribution in [3.05, 3.63) is 34.9 Å². The fraction of sp³-hybridized carbons (Fsp3) is 0.647. The highest BCUT2D eigenvalue weighted by atomic mass is 19.4. The topological polar surface area (TPSA) is 41.5 Å². The van der Waals surface area contributed by atoms with E-state index in [0.29, 0.717) is 31.5 Å². The second-order valence-corrected chi connectivity index (χ2v) is 6.93. The molecule has 0 radical (unpaired) electrons. The van der Waals surface area contributed by atoms with Gasteiger partial charge in [0.15, 0.2) is 0 Å². The number of rotatable bonds is 4. The maximum absolute atomic E-state index is 12.9. The van der Waals surface area contributed by atoms with E-state index >= 15 is 0 Å². The van der Waals surface area contributed by atoms with Crippen molar-refractivity contribution in [2.75, 3.05) is 13.2 Å². The molecule has 1 heterocycles. The number of piperidine rings is 1. The average Bonchev–Trinajstić information content (AvgIpc) is 2.54. The first-order valence-corrected chi connectivity index (χ1v) is 8.14. The summed E-state index contributed by atoms with van der Waals surface area (Å²) in [5, 5.41) is 12.6. The highest BCUT2D eigenvalue weighted by Gasteiger charge is 2.37. The molecule has 0 aromatic heterocycles. The summed E-state index contributed by atoms with van der Waals surface area (Å²) >= 11 is 0. The molecule has 26 heavy (non-hydrogen) atoms. The molecule has 0 amide bonds. The van der Waals surface area contributed by atoms with Gasteiger partial charge in [-0.15, -0.1) is 0 Å². The fourth-order valence-electron chi connectivity index (χ4n) is 2.78. The second-order valence-electron chi connectivity index (χ2n) is 6.93. The van der Waals surface area contributed by atoms with Crippen molar-refractivity contribution in [3.8, 4) is 0 Å². The molecule has 0 saturated carbocycles. The van der Waals surface area contributed by atoms with Crippen LogP contribution in [0.5, 0.6) is 0 Å². The molecule has 3 nitrogen and oxygen atoms in total. The quantitative estimate of drug-likeness (QED) is 0.760. The number of β-amino-alcohol motifs (C(OH)–C–C–N with tert-alkyl or cyclic N) is 1. The zero-order valence-electron chi connectivity index (χ0n) is 14.3. The number of aliphatic hydroxyl groups is 1. The van der Waals surface area contributed by atoms with Crippen LogP contribution in [-0.2, 0) is 17.1 Å². The maximum atomic E-state index is 12.9. The van der Waals surface area contributed by atoms with Crippen LogP contribution in [0.25, 0.3) is 0 Å². The summed E-state index contributed by atoms with van der Waals surface area (Å²) < 4.78 is 83.2. The largest absolute Gasteiger partial charge is 0.416 e. The Morgan fingerprint density at radius 1 is 1.15 bits per heavy atom. The van der Waals surface area contributed by atoms with Gasteiger partial charge < -0.3 is 15.2 Å². The van der Waals surface area contributed by atoms with Gasteiger partial charge in [-0.1, -0.05) is 0 Å². The Hall–Kier alpha value is -1.32. The molecule has 1 fully saturated rings. The van der Waals surface area contributed by atoms with Gasteiger partial charge in [0.1, 0.15) is 0 Å². The normalized spacial score (nSPS) is 26.0. The van der Waals surface area contributed by atoms with Crippen LogP contribution in [0.1, 0.15) is 49.5 Å². The Bertz CT molecular complexity index is 588. The maximum Gasteiger partial charge on any atom is 0.416 e. The summed E-state index contributed by atoms with van der Waals surface area (Å²) in [5.74, 6) is 0. The summed E-state index contributed by atoms with van der Waals surface area (Å²) in [7, 11) is 0. The van der Waals surface area contributed by atoms with Gasteiger partial charge in [-0.2, -0.15) is 26.3 Å². The molecule has 2 N–H and O–H groups in total. The van der Waals surface area contributed by atoms with Gasteiger partial charge in [0.25, 0.3) is 0 Å². The Kier molecular flexibility index (Phi) is 5.94. The van der Waals surface area contributed by atoms with E-state index in [4.69, 9.17) is 4.74 Å². The third kappa shape index (κ3) is 5.34. The monoisotopic (exact) mass is 385 g/mol. The Balaban J connectivity index is 2.18. The van der Waals surface area contributed by atoms with Crippen molar-refractivity contribution < 1.29 is 36.2 Å². The molecule has 0 aliphatic carbocycles. The lowest BCUT2D eigenvalue weighted by molar-refractivity contribution is -0.143. The van der Waals surface area contributed by atoms with Crippen LogP contribution in [0.4, 0.5) is 26.3 Å². The van der Waals surface area contributed by atoms with Crippen molar-refractivity contribution in [2.24, 2.45) is 0 Å². The van der Waals surface area contributed by atoms with Crippen molar-refractivity contribution in [2.45, 2.75) is 56.8 Å². The Labute approximate surface area is 147 Å². The molecule has 1 saturated heterocycles.